The first-order valence-electron chi connectivity index (χ1n) is 9.96. The second-order valence-corrected chi connectivity index (χ2v) is 9.59. The molecule has 0 unspecified atom stereocenters. The smallest absolute Gasteiger partial charge is 0.243 e. The number of sulfonamides is 1. The number of nitrogens with zero attached hydrogens (tertiary/aromatic N) is 3. The fourth-order valence-corrected chi connectivity index (χ4v) is 5.54. The van der Waals surface area contributed by atoms with Gasteiger partial charge in [-0.2, -0.15) is 9.29 Å². The van der Waals surface area contributed by atoms with E-state index in [0.717, 1.165) is 6.07 Å². The Morgan fingerprint density at radius 1 is 1.16 bits per heavy atom. The predicted molar refractivity (Wildman–Crippen MR) is 116 cm³/mol. The molecule has 1 aliphatic rings. The van der Waals surface area contributed by atoms with Gasteiger partial charge >= 0.3 is 0 Å². The number of ether oxygens (including phenoxy) is 1. The molecule has 4 rings (SSSR count). The number of halogens is 1. The number of nitrogen functional groups attached to an aromatic ring is 2. The minimum atomic E-state index is -3.74. The Morgan fingerprint density at radius 3 is 2.65 bits per heavy atom. The van der Waals surface area contributed by atoms with Crippen molar-refractivity contribution in [2.75, 3.05) is 31.2 Å². The normalized spacial score (nSPS) is 15.9. The molecule has 0 saturated carbocycles. The topological polar surface area (TPSA) is 124 Å². The number of aryl methyl sites for hydroxylation is 1. The first kappa shape index (κ1) is 21.3. The van der Waals surface area contributed by atoms with Crippen LogP contribution in [0.25, 0.3) is 10.9 Å². The van der Waals surface area contributed by atoms with Crippen molar-refractivity contribution in [3.63, 3.8) is 0 Å². The van der Waals surface area contributed by atoms with Crippen LogP contribution in [0.1, 0.15) is 18.4 Å². The van der Waals surface area contributed by atoms with Gasteiger partial charge in [-0.3, -0.25) is 0 Å². The summed E-state index contributed by atoms with van der Waals surface area (Å²) in [7, 11) is -3.74. The summed E-state index contributed by atoms with van der Waals surface area (Å²) in [5.74, 6) is 0.535. The largest absolute Gasteiger partial charge is 0.492 e. The fourth-order valence-electron chi connectivity index (χ4n) is 3.83. The minimum Gasteiger partial charge on any atom is -0.492 e. The summed E-state index contributed by atoms with van der Waals surface area (Å²) in [4.78, 5) is 8.20. The van der Waals surface area contributed by atoms with Gasteiger partial charge in [0, 0.05) is 13.1 Å². The first-order valence-corrected chi connectivity index (χ1v) is 11.4. The Balaban J connectivity index is 1.42. The predicted octanol–water partition coefficient (Wildman–Crippen LogP) is 2.72. The molecule has 1 aliphatic heterocycles. The van der Waals surface area contributed by atoms with Crippen LogP contribution < -0.4 is 16.2 Å². The van der Waals surface area contributed by atoms with Gasteiger partial charge in [-0.05, 0) is 55.5 Å². The van der Waals surface area contributed by atoms with Crippen LogP contribution in [-0.2, 0) is 10.0 Å². The molecule has 0 radical (unpaired) electrons. The van der Waals surface area contributed by atoms with E-state index in [1.165, 1.54) is 16.4 Å². The molecule has 4 N–H and O–H groups in total. The molecule has 2 heterocycles. The summed E-state index contributed by atoms with van der Waals surface area (Å²) in [6, 6.07) is 9.21. The lowest BCUT2D eigenvalue weighted by Crippen LogP contribution is -2.39. The summed E-state index contributed by atoms with van der Waals surface area (Å²) in [6.45, 7) is 2.78. The van der Waals surface area contributed by atoms with Crippen molar-refractivity contribution >= 4 is 32.7 Å². The average Bonchev–Trinajstić information content (AvgIpc) is 2.73. The maximum Gasteiger partial charge on any atom is 0.243 e. The van der Waals surface area contributed by atoms with Crippen LogP contribution in [0.2, 0.25) is 0 Å². The number of piperidine rings is 1. The van der Waals surface area contributed by atoms with Crippen molar-refractivity contribution in [1.82, 2.24) is 14.3 Å². The third-order valence-electron chi connectivity index (χ3n) is 5.55. The molecule has 1 fully saturated rings. The molecule has 8 nitrogen and oxygen atoms in total. The molecule has 10 heteroatoms. The summed E-state index contributed by atoms with van der Waals surface area (Å²) in [5, 5.41) is 0.610. The average molecular weight is 446 g/mol. The van der Waals surface area contributed by atoms with Crippen LogP contribution in [-0.4, -0.2) is 42.4 Å². The van der Waals surface area contributed by atoms with Gasteiger partial charge in [-0.1, -0.05) is 12.1 Å². The summed E-state index contributed by atoms with van der Waals surface area (Å²) >= 11 is 0. The van der Waals surface area contributed by atoms with E-state index in [4.69, 9.17) is 16.2 Å². The van der Waals surface area contributed by atoms with Gasteiger partial charge in [0.15, 0.2) is 0 Å². The third-order valence-corrected chi connectivity index (χ3v) is 7.59. The summed E-state index contributed by atoms with van der Waals surface area (Å²) < 4.78 is 46.9. The van der Waals surface area contributed by atoms with Crippen molar-refractivity contribution in [3.8, 4) is 5.75 Å². The van der Waals surface area contributed by atoms with Crippen molar-refractivity contribution < 1.29 is 17.5 Å². The summed E-state index contributed by atoms with van der Waals surface area (Å²) in [6.07, 6.45) is 1.27. The molecule has 0 amide bonds. The highest BCUT2D eigenvalue weighted by atomic mass is 32.2. The van der Waals surface area contributed by atoms with Crippen LogP contribution in [0.4, 0.5) is 16.2 Å². The number of fused-ring (bicyclic) bond motifs is 1. The van der Waals surface area contributed by atoms with Crippen LogP contribution in [0, 0.1) is 18.7 Å². The number of benzene rings is 2. The van der Waals surface area contributed by atoms with Crippen LogP contribution in [0.3, 0.4) is 0 Å². The maximum atomic E-state index is 13.6. The fraction of sp³-hybridized carbons (Fsp3) is 0.333. The highest BCUT2D eigenvalue weighted by molar-refractivity contribution is 7.89. The van der Waals surface area contributed by atoms with Gasteiger partial charge in [0.05, 0.1) is 22.4 Å². The monoisotopic (exact) mass is 445 g/mol. The molecule has 2 aromatic carbocycles. The van der Waals surface area contributed by atoms with Gasteiger partial charge in [0.2, 0.25) is 16.0 Å². The number of rotatable bonds is 5. The quantitative estimate of drug-likeness (QED) is 0.619. The number of nitrogens with two attached hydrogens (primary N) is 2. The molecule has 1 aromatic heterocycles. The minimum absolute atomic E-state index is 0.0210. The molecule has 0 spiro atoms. The summed E-state index contributed by atoms with van der Waals surface area (Å²) in [5.41, 5.74) is 12.8. The van der Waals surface area contributed by atoms with Crippen LogP contribution >= 0.6 is 0 Å². The Bertz CT molecular complexity index is 1230. The molecular weight excluding hydrogens is 421 g/mol. The maximum absolute atomic E-state index is 13.6. The van der Waals surface area contributed by atoms with Crippen molar-refractivity contribution in [2.45, 2.75) is 24.7 Å². The molecule has 3 aromatic rings. The van der Waals surface area contributed by atoms with Crippen LogP contribution in [0.5, 0.6) is 5.75 Å². The van der Waals surface area contributed by atoms with E-state index in [1.54, 1.807) is 25.1 Å². The highest BCUT2D eigenvalue weighted by Gasteiger charge is 2.31. The van der Waals surface area contributed by atoms with E-state index in [1.807, 2.05) is 0 Å². The molecular formula is C21H24FN5O3S. The molecule has 31 heavy (non-hydrogen) atoms. The zero-order valence-electron chi connectivity index (χ0n) is 17.1. The van der Waals surface area contributed by atoms with Crippen molar-refractivity contribution in [1.29, 1.82) is 0 Å². The lowest BCUT2D eigenvalue weighted by Gasteiger charge is -2.31. The molecule has 0 atom stereocenters. The lowest BCUT2D eigenvalue weighted by molar-refractivity contribution is 0.186. The zero-order chi connectivity index (χ0) is 22.2. The highest BCUT2D eigenvalue weighted by Crippen LogP contribution is 2.31. The Morgan fingerprint density at radius 2 is 1.90 bits per heavy atom. The second kappa shape index (κ2) is 8.27. The Hall–Kier alpha value is -2.98. The van der Waals surface area contributed by atoms with Gasteiger partial charge in [0.1, 0.15) is 17.4 Å². The van der Waals surface area contributed by atoms with E-state index in [0.29, 0.717) is 54.8 Å². The SMILES string of the molecule is Cc1ccc(F)cc1S(=O)(=O)N1CCC(COc2cccc3nc(N)nc(N)c23)CC1. The van der Waals surface area contributed by atoms with Crippen molar-refractivity contribution in [2.24, 2.45) is 5.92 Å². The van der Waals surface area contributed by atoms with E-state index < -0.39 is 15.8 Å². The van der Waals surface area contributed by atoms with Gasteiger partial charge in [0.25, 0.3) is 0 Å². The van der Waals surface area contributed by atoms with E-state index in [-0.39, 0.29) is 22.6 Å². The Kier molecular flexibility index (Phi) is 5.67. The molecule has 164 valence electrons. The van der Waals surface area contributed by atoms with Crippen molar-refractivity contribution in [3.05, 3.63) is 47.8 Å². The third kappa shape index (κ3) is 4.26. The van der Waals surface area contributed by atoms with E-state index >= 15 is 0 Å². The van der Waals surface area contributed by atoms with E-state index in [2.05, 4.69) is 9.97 Å². The lowest BCUT2D eigenvalue weighted by atomic mass is 9.99. The Labute approximate surface area is 180 Å². The van der Waals surface area contributed by atoms with Crippen LogP contribution in [0.15, 0.2) is 41.3 Å². The second-order valence-electron chi connectivity index (χ2n) is 7.69. The molecule has 0 aliphatic carbocycles. The number of aromatic nitrogens is 2. The standard InChI is InChI=1S/C21H24FN5O3S/c1-13-5-6-15(22)11-18(13)31(28,29)27-9-7-14(8-10-27)12-30-17-4-2-3-16-19(17)20(23)26-21(24)25-16/h2-6,11,14H,7-10,12H2,1H3,(H4,23,24,25,26). The zero-order valence-corrected chi connectivity index (χ0v) is 17.9. The number of hydrogen-bond donors (Lipinski definition) is 2. The van der Waals surface area contributed by atoms with Gasteiger partial charge in [-0.25, -0.2) is 17.8 Å². The van der Waals surface area contributed by atoms with E-state index in [9.17, 15) is 12.8 Å². The first-order chi connectivity index (χ1) is 14.8. The molecule has 0 bridgehead atoms. The number of hydrogen-bond acceptors (Lipinski definition) is 7. The van der Waals surface area contributed by atoms with Gasteiger partial charge < -0.3 is 16.2 Å². The molecule has 1 saturated heterocycles. The van der Waals surface area contributed by atoms with Gasteiger partial charge in [-0.15, -0.1) is 0 Å². The number of anilines is 2.